The molecule has 2 aliphatic heterocycles. The SMILES string of the molecule is CCOC(=O)C1=C(CN2CCCN(C(=O)NC(C)C)CC2)N(CC)C(=O)NC1c1cc(OC)cc(OC)c1. The Balaban J connectivity index is 2.00. The van der Waals surface area contributed by atoms with Crippen molar-refractivity contribution in [2.75, 3.05) is 60.1 Å². The Kier molecular flexibility index (Phi) is 10.2. The van der Waals surface area contributed by atoms with Gasteiger partial charge in [0.1, 0.15) is 11.5 Å². The highest BCUT2D eigenvalue weighted by molar-refractivity contribution is 5.95. The number of urea groups is 2. The van der Waals surface area contributed by atoms with E-state index in [2.05, 4.69) is 15.5 Å². The maximum absolute atomic E-state index is 13.4. The maximum Gasteiger partial charge on any atom is 0.338 e. The van der Waals surface area contributed by atoms with Crippen LogP contribution in [0.1, 0.15) is 45.7 Å². The number of hydrogen-bond donors (Lipinski definition) is 2. The molecule has 1 unspecified atom stereocenters. The molecule has 1 aromatic rings. The second-order valence-corrected chi connectivity index (χ2v) is 9.57. The first-order valence-corrected chi connectivity index (χ1v) is 13.2. The fraction of sp³-hybridized carbons (Fsp3) is 0.593. The van der Waals surface area contributed by atoms with Crippen molar-refractivity contribution < 1.29 is 28.6 Å². The van der Waals surface area contributed by atoms with Crippen molar-refractivity contribution in [3.63, 3.8) is 0 Å². The predicted molar refractivity (Wildman–Crippen MR) is 143 cm³/mol. The summed E-state index contributed by atoms with van der Waals surface area (Å²) < 4.78 is 16.4. The van der Waals surface area contributed by atoms with Crippen LogP contribution in [0.3, 0.4) is 0 Å². The molecule has 2 heterocycles. The molecule has 3 rings (SSSR count). The van der Waals surface area contributed by atoms with E-state index in [4.69, 9.17) is 14.2 Å². The summed E-state index contributed by atoms with van der Waals surface area (Å²) in [6.45, 7) is 11.0. The molecule has 0 aliphatic carbocycles. The minimum absolute atomic E-state index is 0.0604. The number of amides is 4. The normalized spacial score (nSPS) is 18.7. The number of likely N-dealkylation sites (N-methyl/N-ethyl adjacent to an activating group) is 1. The van der Waals surface area contributed by atoms with Crippen LogP contribution in [0.15, 0.2) is 29.5 Å². The van der Waals surface area contributed by atoms with E-state index in [-0.39, 0.29) is 24.7 Å². The Morgan fingerprint density at radius 2 is 1.74 bits per heavy atom. The molecule has 0 radical (unpaired) electrons. The zero-order valence-electron chi connectivity index (χ0n) is 23.3. The molecule has 0 spiro atoms. The highest BCUT2D eigenvalue weighted by Crippen LogP contribution is 2.35. The quantitative estimate of drug-likeness (QED) is 0.471. The molecular formula is C27H41N5O6. The van der Waals surface area contributed by atoms with Gasteiger partial charge < -0.3 is 29.7 Å². The topological polar surface area (TPSA) is 113 Å². The molecule has 4 amide bonds. The lowest BCUT2D eigenvalue weighted by Gasteiger charge is -2.38. The largest absolute Gasteiger partial charge is 0.497 e. The van der Waals surface area contributed by atoms with Gasteiger partial charge >= 0.3 is 18.0 Å². The van der Waals surface area contributed by atoms with Crippen LogP contribution >= 0.6 is 0 Å². The van der Waals surface area contributed by atoms with Crippen molar-refractivity contribution in [2.45, 2.75) is 46.2 Å². The summed E-state index contributed by atoms with van der Waals surface area (Å²) in [7, 11) is 3.10. The van der Waals surface area contributed by atoms with E-state index in [1.807, 2.05) is 25.7 Å². The molecule has 2 N–H and O–H groups in total. The van der Waals surface area contributed by atoms with Gasteiger partial charge in [0.2, 0.25) is 0 Å². The summed E-state index contributed by atoms with van der Waals surface area (Å²) in [4.78, 5) is 44.9. The van der Waals surface area contributed by atoms with Crippen LogP contribution in [-0.4, -0.2) is 98.9 Å². The average Bonchev–Trinajstić information content (AvgIpc) is 3.13. The first-order valence-electron chi connectivity index (χ1n) is 13.2. The van der Waals surface area contributed by atoms with E-state index >= 15 is 0 Å². The second-order valence-electron chi connectivity index (χ2n) is 9.57. The van der Waals surface area contributed by atoms with Crippen LogP contribution in [-0.2, 0) is 9.53 Å². The van der Waals surface area contributed by atoms with Gasteiger partial charge in [0.05, 0.1) is 32.4 Å². The van der Waals surface area contributed by atoms with Crippen LogP contribution in [0, 0.1) is 0 Å². The van der Waals surface area contributed by atoms with Crippen molar-refractivity contribution in [3.05, 3.63) is 35.0 Å². The van der Waals surface area contributed by atoms with Gasteiger partial charge in [-0.2, -0.15) is 0 Å². The number of benzene rings is 1. The van der Waals surface area contributed by atoms with Crippen LogP contribution < -0.4 is 20.1 Å². The Labute approximate surface area is 225 Å². The number of nitrogens with one attached hydrogen (secondary N) is 2. The Bertz CT molecular complexity index is 1020. The highest BCUT2D eigenvalue weighted by Gasteiger charge is 2.39. The lowest BCUT2D eigenvalue weighted by molar-refractivity contribution is -0.139. The molecule has 2 aliphatic rings. The Morgan fingerprint density at radius 1 is 1.05 bits per heavy atom. The van der Waals surface area contributed by atoms with Crippen LogP contribution in [0.4, 0.5) is 9.59 Å². The number of rotatable bonds is 9. The molecule has 210 valence electrons. The molecule has 1 aromatic carbocycles. The first-order chi connectivity index (χ1) is 18.2. The number of nitrogens with zero attached hydrogens (tertiary/aromatic N) is 3. The number of esters is 1. The number of carbonyl (C=O) groups is 3. The number of ether oxygens (including phenoxy) is 3. The molecule has 11 heteroatoms. The van der Waals surface area contributed by atoms with E-state index in [1.54, 1.807) is 44.2 Å². The van der Waals surface area contributed by atoms with Gasteiger partial charge in [-0.15, -0.1) is 0 Å². The lowest BCUT2D eigenvalue weighted by Crippen LogP contribution is -2.51. The number of hydrogen-bond acceptors (Lipinski definition) is 7. The summed E-state index contributed by atoms with van der Waals surface area (Å²) >= 11 is 0. The van der Waals surface area contributed by atoms with E-state index in [1.165, 1.54) is 0 Å². The zero-order valence-corrected chi connectivity index (χ0v) is 23.3. The maximum atomic E-state index is 13.4. The van der Waals surface area contributed by atoms with Gasteiger partial charge in [0.25, 0.3) is 0 Å². The first kappa shape index (κ1) is 29.1. The summed E-state index contributed by atoms with van der Waals surface area (Å²) in [6, 6.07) is 4.24. The third-order valence-electron chi connectivity index (χ3n) is 6.62. The Hall–Kier alpha value is -3.47. The molecule has 1 atom stereocenters. The average molecular weight is 532 g/mol. The fourth-order valence-corrected chi connectivity index (χ4v) is 4.79. The number of carbonyl (C=O) groups excluding carboxylic acids is 3. The van der Waals surface area contributed by atoms with E-state index in [9.17, 15) is 14.4 Å². The van der Waals surface area contributed by atoms with Crippen molar-refractivity contribution in [1.29, 1.82) is 0 Å². The van der Waals surface area contributed by atoms with E-state index in [0.717, 1.165) is 13.0 Å². The molecule has 1 saturated heterocycles. The van der Waals surface area contributed by atoms with Crippen molar-refractivity contribution in [1.82, 2.24) is 25.3 Å². The van der Waals surface area contributed by atoms with Gasteiger partial charge in [-0.25, -0.2) is 14.4 Å². The monoisotopic (exact) mass is 531 g/mol. The van der Waals surface area contributed by atoms with Crippen LogP contribution in [0.25, 0.3) is 0 Å². The third-order valence-corrected chi connectivity index (χ3v) is 6.62. The standard InChI is InChI=1S/C27H41N5O6/c1-7-32-22(17-30-10-9-11-31(13-12-30)26(34)28-18(3)4)23(25(33)38-8-2)24(29-27(32)35)19-14-20(36-5)16-21(15-19)37-6/h14-16,18,24H,7-13,17H2,1-6H3,(H,28,34)(H,29,35). The molecule has 1 fully saturated rings. The van der Waals surface area contributed by atoms with Crippen molar-refractivity contribution >= 4 is 18.0 Å². The molecule has 0 saturated carbocycles. The molecule has 38 heavy (non-hydrogen) atoms. The summed E-state index contributed by atoms with van der Waals surface area (Å²) in [5, 5.41) is 5.94. The fourth-order valence-electron chi connectivity index (χ4n) is 4.79. The smallest absolute Gasteiger partial charge is 0.338 e. The van der Waals surface area contributed by atoms with Crippen molar-refractivity contribution in [2.24, 2.45) is 0 Å². The Morgan fingerprint density at radius 3 is 2.32 bits per heavy atom. The number of methoxy groups -OCH3 is 2. The molecular weight excluding hydrogens is 490 g/mol. The van der Waals surface area contributed by atoms with Gasteiger partial charge in [-0.05, 0) is 51.8 Å². The van der Waals surface area contributed by atoms with Gasteiger partial charge in [-0.3, -0.25) is 9.80 Å². The molecule has 0 bridgehead atoms. The van der Waals surface area contributed by atoms with Crippen molar-refractivity contribution in [3.8, 4) is 11.5 Å². The predicted octanol–water partition coefficient (Wildman–Crippen LogP) is 2.73. The zero-order chi connectivity index (χ0) is 27.8. The minimum Gasteiger partial charge on any atom is -0.497 e. The van der Waals surface area contributed by atoms with Crippen LogP contribution in [0.5, 0.6) is 11.5 Å². The second kappa shape index (κ2) is 13.4. The van der Waals surface area contributed by atoms with E-state index in [0.29, 0.717) is 61.1 Å². The summed E-state index contributed by atoms with van der Waals surface area (Å²) in [5.74, 6) is 0.604. The van der Waals surface area contributed by atoms with Gasteiger partial charge in [0, 0.05) is 57.1 Å². The lowest BCUT2D eigenvalue weighted by atomic mass is 9.93. The van der Waals surface area contributed by atoms with E-state index < -0.39 is 12.0 Å². The summed E-state index contributed by atoms with van der Waals surface area (Å²) in [6.07, 6.45) is 0.780. The highest BCUT2D eigenvalue weighted by atomic mass is 16.5. The van der Waals surface area contributed by atoms with Gasteiger partial charge in [0.15, 0.2) is 0 Å². The minimum atomic E-state index is -0.747. The molecule has 0 aromatic heterocycles. The van der Waals surface area contributed by atoms with Crippen LogP contribution in [0.2, 0.25) is 0 Å². The third kappa shape index (κ3) is 6.89. The van der Waals surface area contributed by atoms with Gasteiger partial charge in [-0.1, -0.05) is 0 Å². The summed E-state index contributed by atoms with van der Waals surface area (Å²) in [5.41, 5.74) is 1.63. The molecule has 11 nitrogen and oxygen atoms in total.